The average molecular weight is 377 g/mol. The number of methoxy groups -OCH3 is 1. The van der Waals surface area contributed by atoms with E-state index in [9.17, 15) is 4.79 Å². The summed E-state index contributed by atoms with van der Waals surface area (Å²) in [4.78, 5) is 15.0. The molecule has 5 heteroatoms. The van der Waals surface area contributed by atoms with E-state index in [1.54, 1.807) is 7.11 Å². The van der Waals surface area contributed by atoms with Gasteiger partial charge in [-0.3, -0.25) is 4.79 Å². The van der Waals surface area contributed by atoms with Crippen molar-refractivity contribution < 1.29 is 9.53 Å². The van der Waals surface area contributed by atoms with Crippen molar-refractivity contribution >= 4 is 27.5 Å². The molecule has 122 valence electrons. The standard InChI is InChI=1S/C18H21BrN2O2/c1-4-20-11-13(19)10-15(20)18(22)21-9-5-6-14-12(2)7-8-16(23-3)17(14)21/h7-8,10-11H,4-6,9H2,1-3H3. The van der Waals surface area contributed by atoms with Crippen LogP contribution >= 0.6 is 15.9 Å². The van der Waals surface area contributed by atoms with Crippen molar-refractivity contribution in [1.82, 2.24) is 4.57 Å². The van der Waals surface area contributed by atoms with Gasteiger partial charge >= 0.3 is 0 Å². The molecular formula is C18H21BrN2O2. The number of anilines is 1. The van der Waals surface area contributed by atoms with Gasteiger partial charge in [-0.25, -0.2) is 0 Å². The number of hydrogen-bond donors (Lipinski definition) is 0. The fourth-order valence-corrected chi connectivity index (χ4v) is 3.74. The molecule has 23 heavy (non-hydrogen) atoms. The number of carbonyl (C=O) groups excluding carboxylic acids is 1. The zero-order chi connectivity index (χ0) is 16.6. The Morgan fingerprint density at radius 2 is 2.17 bits per heavy atom. The minimum Gasteiger partial charge on any atom is -0.495 e. The molecule has 1 aliphatic heterocycles. The van der Waals surface area contributed by atoms with Crippen molar-refractivity contribution in [3.8, 4) is 5.75 Å². The van der Waals surface area contributed by atoms with E-state index in [-0.39, 0.29) is 5.91 Å². The number of halogens is 1. The molecule has 0 radical (unpaired) electrons. The maximum absolute atomic E-state index is 13.2. The Morgan fingerprint density at radius 1 is 1.39 bits per heavy atom. The van der Waals surface area contributed by atoms with Crippen LogP contribution in [0, 0.1) is 6.92 Å². The van der Waals surface area contributed by atoms with Crippen molar-refractivity contribution in [3.05, 3.63) is 45.7 Å². The molecule has 0 spiro atoms. The second-order valence-corrected chi connectivity index (χ2v) is 6.72. The molecule has 0 N–H and O–H groups in total. The third kappa shape index (κ3) is 2.78. The topological polar surface area (TPSA) is 34.5 Å². The highest BCUT2D eigenvalue weighted by Crippen LogP contribution is 2.39. The van der Waals surface area contributed by atoms with Crippen molar-refractivity contribution in [3.63, 3.8) is 0 Å². The number of amides is 1. The van der Waals surface area contributed by atoms with E-state index in [0.29, 0.717) is 5.69 Å². The molecule has 0 fully saturated rings. The highest BCUT2D eigenvalue weighted by atomic mass is 79.9. The van der Waals surface area contributed by atoms with E-state index >= 15 is 0 Å². The molecule has 0 saturated heterocycles. The second-order valence-electron chi connectivity index (χ2n) is 5.80. The fraction of sp³-hybridized carbons (Fsp3) is 0.389. The van der Waals surface area contributed by atoms with Gasteiger partial charge in [-0.1, -0.05) is 6.07 Å². The largest absolute Gasteiger partial charge is 0.495 e. The van der Waals surface area contributed by atoms with Crippen LogP contribution < -0.4 is 9.64 Å². The van der Waals surface area contributed by atoms with Gasteiger partial charge < -0.3 is 14.2 Å². The Kier molecular flexibility index (Phi) is 4.48. The highest BCUT2D eigenvalue weighted by molar-refractivity contribution is 9.10. The number of aryl methyl sites for hydroxylation is 2. The lowest BCUT2D eigenvalue weighted by Crippen LogP contribution is -2.37. The summed E-state index contributed by atoms with van der Waals surface area (Å²) in [6.07, 6.45) is 3.91. The van der Waals surface area contributed by atoms with Gasteiger partial charge in [0.15, 0.2) is 0 Å². The molecule has 2 aromatic rings. The number of ether oxygens (including phenoxy) is 1. The van der Waals surface area contributed by atoms with Crippen molar-refractivity contribution in [2.45, 2.75) is 33.2 Å². The normalized spacial score (nSPS) is 13.8. The molecule has 0 atom stereocenters. The van der Waals surface area contributed by atoms with Crippen LogP contribution in [0.4, 0.5) is 5.69 Å². The minimum atomic E-state index is 0.0300. The van der Waals surface area contributed by atoms with Gasteiger partial charge in [0.05, 0.1) is 12.8 Å². The number of hydrogen-bond acceptors (Lipinski definition) is 2. The van der Waals surface area contributed by atoms with Crippen LogP contribution in [0.25, 0.3) is 0 Å². The summed E-state index contributed by atoms with van der Waals surface area (Å²) in [5.74, 6) is 0.801. The first-order chi connectivity index (χ1) is 11.1. The molecule has 0 bridgehead atoms. The predicted molar refractivity (Wildman–Crippen MR) is 95.5 cm³/mol. The summed E-state index contributed by atoms with van der Waals surface area (Å²) in [6.45, 7) is 5.62. The smallest absolute Gasteiger partial charge is 0.275 e. The Morgan fingerprint density at radius 3 is 2.87 bits per heavy atom. The lowest BCUT2D eigenvalue weighted by molar-refractivity contribution is 0.0975. The molecule has 3 rings (SSSR count). The molecule has 0 unspecified atom stereocenters. The Labute approximate surface area is 145 Å². The van der Waals surface area contributed by atoms with Gasteiger partial charge in [-0.05, 0) is 65.9 Å². The van der Waals surface area contributed by atoms with Crippen LogP contribution in [0.5, 0.6) is 5.75 Å². The first kappa shape index (κ1) is 16.1. The maximum Gasteiger partial charge on any atom is 0.275 e. The quantitative estimate of drug-likeness (QED) is 0.804. The van der Waals surface area contributed by atoms with Gasteiger partial charge in [0.1, 0.15) is 11.4 Å². The number of benzene rings is 1. The summed E-state index contributed by atoms with van der Waals surface area (Å²) in [6, 6.07) is 5.91. The van der Waals surface area contributed by atoms with Gasteiger partial charge in [0.2, 0.25) is 0 Å². The number of carbonyl (C=O) groups is 1. The first-order valence-electron chi connectivity index (χ1n) is 7.90. The molecule has 1 amide bonds. The fourth-order valence-electron chi connectivity index (χ4n) is 3.27. The molecular weight excluding hydrogens is 356 g/mol. The van der Waals surface area contributed by atoms with Gasteiger partial charge in [0.25, 0.3) is 5.91 Å². The number of nitrogens with zero attached hydrogens (tertiary/aromatic N) is 2. The maximum atomic E-state index is 13.2. The predicted octanol–water partition coefficient (Wildman–Crippen LogP) is 4.18. The average Bonchev–Trinajstić information content (AvgIpc) is 2.95. The zero-order valence-electron chi connectivity index (χ0n) is 13.7. The van der Waals surface area contributed by atoms with Crippen LogP contribution in [0.3, 0.4) is 0 Å². The van der Waals surface area contributed by atoms with Gasteiger partial charge in [-0.2, -0.15) is 0 Å². The van der Waals surface area contributed by atoms with Crippen molar-refractivity contribution in [2.24, 2.45) is 0 Å². The number of rotatable bonds is 3. The van der Waals surface area contributed by atoms with Gasteiger partial charge in [0, 0.05) is 23.8 Å². The molecule has 1 aromatic carbocycles. The van der Waals surface area contributed by atoms with E-state index in [1.165, 1.54) is 11.1 Å². The van der Waals surface area contributed by atoms with Crippen LogP contribution in [0.15, 0.2) is 28.9 Å². The van der Waals surface area contributed by atoms with Crippen molar-refractivity contribution in [1.29, 1.82) is 0 Å². The number of aromatic nitrogens is 1. The van der Waals surface area contributed by atoms with Crippen LogP contribution in [-0.2, 0) is 13.0 Å². The first-order valence-corrected chi connectivity index (χ1v) is 8.70. The van der Waals surface area contributed by atoms with E-state index in [1.807, 2.05) is 34.7 Å². The lowest BCUT2D eigenvalue weighted by Gasteiger charge is -2.32. The molecule has 1 aromatic heterocycles. The van der Waals surface area contributed by atoms with E-state index in [2.05, 4.69) is 28.9 Å². The molecule has 1 aliphatic rings. The summed E-state index contributed by atoms with van der Waals surface area (Å²) in [5.41, 5.74) is 4.07. The third-order valence-corrected chi connectivity index (χ3v) is 4.88. The minimum absolute atomic E-state index is 0.0300. The molecule has 0 aliphatic carbocycles. The van der Waals surface area contributed by atoms with Crippen molar-refractivity contribution in [2.75, 3.05) is 18.6 Å². The van der Waals surface area contributed by atoms with E-state index < -0.39 is 0 Å². The monoisotopic (exact) mass is 376 g/mol. The Bertz CT molecular complexity index is 752. The van der Waals surface area contributed by atoms with E-state index in [0.717, 1.165) is 41.8 Å². The lowest BCUT2D eigenvalue weighted by atomic mass is 9.96. The highest BCUT2D eigenvalue weighted by Gasteiger charge is 2.29. The zero-order valence-corrected chi connectivity index (χ0v) is 15.3. The molecule has 2 heterocycles. The van der Waals surface area contributed by atoms with E-state index in [4.69, 9.17) is 4.74 Å². The summed E-state index contributed by atoms with van der Waals surface area (Å²) < 4.78 is 8.44. The summed E-state index contributed by atoms with van der Waals surface area (Å²) in [5, 5.41) is 0. The van der Waals surface area contributed by atoms with Crippen LogP contribution in [0.1, 0.15) is 35.0 Å². The Balaban J connectivity index is 2.09. The summed E-state index contributed by atoms with van der Waals surface area (Å²) >= 11 is 3.47. The summed E-state index contributed by atoms with van der Waals surface area (Å²) in [7, 11) is 1.66. The SMILES string of the molecule is CCn1cc(Br)cc1C(=O)N1CCCc2c(C)ccc(OC)c21. The molecule has 4 nitrogen and oxygen atoms in total. The van der Waals surface area contributed by atoms with Crippen LogP contribution in [-0.4, -0.2) is 24.1 Å². The Hall–Kier alpha value is -1.75. The third-order valence-electron chi connectivity index (χ3n) is 4.45. The number of fused-ring (bicyclic) bond motifs is 1. The van der Waals surface area contributed by atoms with Crippen LogP contribution in [0.2, 0.25) is 0 Å². The molecule has 0 saturated carbocycles. The van der Waals surface area contributed by atoms with Gasteiger partial charge in [-0.15, -0.1) is 0 Å². The second kappa shape index (κ2) is 6.40.